The van der Waals surface area contributed by atoms with Gasteiger partial charge in [0.05, 0.1) is 0 Å². The molecule has 2 saturated heterocycles. The third-order valence-electron chi connectivity index (χ3n) is 4.76. The highest BCUT2D eigenvalue weighted by Gasteiger charge is 2.44. The van der Waals surface area contributed by atoms with Crippen molar-refractivity contribution >= 4 is 12.0 Å². The van der Waals surface area contributed by atoms with Gasteiger partial charge in [0.25, 0.3) is 0 Å². The number of likely N-dealkylation sites (tertiary alicyclic amines) is 2. The van der Waals surface area contributed by atoms with Gasteiger partial charge in [0.15, 0.2) is 0 Å². The number of carbonyl (C=O) groups excluding carboxylic acids is 1. The molecule has 0 spiro atoms. The molecule has 6 heteroatoms. The van der Waals surface area contributed by atoms with E-state index in [0.29, 0.717) is 25.6 Å². The van der Waals surface area contributed by atoms with Crippen LogP contribution in [0.2, 0.25) is 0 Å². The second-order valence-corrected chi connectivity index (χ2v) is 6.15. The molecule has 0 aromatic rings. The first-order chi connectivity index (χ1) is 9.45. The summed E-state index contributed by atoms with van der Waals surface area (Å²) in [7, 11) is 2.06. The number of nitrogens with zero attached hydrogens (tertiary/aromatic N) is 2. The van der Waals surface area contributed by atoms with Gasteiger partial charge in [-0.1, -0.05) is 0 Å². The zero-order valence-electron chi connectivity index (χ0n) is 12.4. The van der Waals surface area contributed by atoms with E-state index in [1.807, 2.05) is 0 Å². The van der Waals surface area contributed by atoms with Gasteiger partial charge in [0, 0.05) is 19.1 Å². The van der Waals surface area contributed by atoms with Crippen molar-refractivity contribution in [3.05, 3.63) is 0 Å². The largest absolute Gasteiger partial charge is 0.480 e. The monoisotopic (exact) mass is 283 g/mol. The summed E-state index contributed by atoms with van der Waals surface area (Å²) < 4.78 is 0. The van der Waals surface area contributed by atoms with Crippen molar-refractivity contribution in [2.75, 3.05) is 26.7 Å². The number of hydrogen-bond acceptors (Lipinski definition) is 3. The van der Waals surface area contributed by atoms with Crippen LogP contribution in [-0.2, 0) is 4.79 Å². The Hall–Kier alpha value is -1.30. The minimum atomic E-state index is -1.07. The van der Waals surface area contributed by atoms with Crippen LogP contribution in [0.3, 0.4) is 0 Å². The normalized spacial score (nSPS) is 31.3. The summed E-state index contributed by atoms with van der Waals surface area (Å²) in [6.07, 6.45) is 4.51. The standard InChI is InChI=1S/C14H25N3O3/c1-14(12(18)19)7-3-4-9-17(14)13(20)15-10-11-6-5-8-16(11)2/h11H,3-10H2,1-2H3,(H,15,20)(H,18,19). The van der Waals surface area contributed by atoms with E-state index in [4.69, 9.17) is 0 Å². The van der Waals surface area contributed by atoms with Crippen molar-refractivity contribution in [1.29, 1.82) is 0 Å². The van der Waals surface area contributed by atoms with Crippen molar-refractivity contribution in [1.82, 2.24) is 15.1 Å². The SMILES string of the molecule is CN1CCCC1CNC(=O)N1CCCCC1(C)C(=O)O. The summed E-state index contributed by atoms with van der Waals surface area (Å²) in [6, 6.07) is 0.134. The molecule has 2 fully saturated rings. The van der Waals surface area contributed by atoms with Crippen LogP contribution in [0.15, 0.2) is 0 Å². The Morgan fingerprint density at radius 3 is 2.65 bits per heavy atom. The lowest BCUT2D eigenvalue weighted by atomic mass is 9.89. The Labute approximate surface area is 120 Å². The summed E-state index contributed by atoms with van der Waals surface area (Å²) in [4.78, 5) is 27.5. The molecule has 0 aromatic heterocycles. The predicted molar refractivity (Wildman–Crippen MR) is 75.6 cm³/mol. The Kier molecular flexibility index (Phi) is 4.52. The second-order valence-electron chi connectivity index (χ2n) is 6.15. The second kappa shape index (κ2) is 5.99. The zero-order valence-corrected chi connectivity index (χ0v) is 12.4. The Morgan fingerprint density at radius 2 is 2.05 bits per heavy atom. The van der Waals surface area contributed by atoms with Crippen LogP contribution in [0.1, 0.15) is 39.0 Å². The van der Waals surface area contributed by atoms with Gasteiger partial charge < -0.3 is 20.2 Å². The van der Waals surface area contributed by atoms with Crippen LogP contribution >= 0.6 is 0 Å². The summed E-state index contributed by atoms with van der Waals surface area (Å²) in [5.41, 5.74) is -1.07. The quantitative estimate of drug-likeness (QED) is 0.814. The lowest BCUT2D eigenvalue weighted by Crippen LogP contribution is -2.60. The summed E-state index contributed by atoms with van der Waals surface area (Å²) >= 11 is 0. The van der Waals surface area contributed by atoms with Crippen molar-refractivity contribution in [3.8, 4) is 0 Å². The Bertz CT molecular complexity index is 388. The molecule has 20 heavy (non-hydrogen) atoms. The molecule has 0 aliphatic carbocycles. The molecular weight excluding hydrogens is 258 g/mol. The lowest BCUT2D eigenvalue weighted by Gasteiger charge is -2.41. The molecule has 2 heterocycles. The van der Waals surface area contributed by atoms with E-state index < -0.39 is 11.5 Å². The molecule has 0 saturated carbocycles. The Balaban J connectivity index is 1.94. The summed E-state index contributed by atoms with van der Waals surface area (Å²) in [5, 5.41) is 12.3. The van der Waals surface area contributed by atoms with E-state index in [1.54, 1.807) is 6.92 Å². The molecule has 0 aromatic carbocycles. The summed E-state index contributed by atoms with van der Waals surface area (Å²) in [6.45, 7) is 3.84. The highest BCUT2D eigenvalue weighted by atomic mass is 16.4. The van der Waals surface area contributed by atoms with Gasteiger partial charge in [0.1, 0.15) is 5.54 Å². The molecule has 0 radical (unpaired) electrons. The van der Waals surface area contributed by atoms with Gasteiger partial charge in [-0.25, -0.2) is 9.59 Å². The molecule has 2 atom stereocenters. The summed E-state index contributed by atoms with van der Waals surface area (Å²) in [5.74, 6) is -0.912. The van der Waals surface area contributed by atoms with Gasteiger partial charge in [-0.3, -0.25) is 0 Å². The van der Waals surface area contributed by atoms with Crippen molar-refractivity contribution in [3.63, 3.8) is 0 Å². The molecule has 2 unspecified atom stereocenters. The smallest absolute Gasteiger partial charge is 0.329 e. The van der Waals surface area contributed by atoms with E-state index in [1.165, 1.54) is 4.90 Å². The van der Waals surface area contributed by atoms with E-state index in [2.05, 4.69) is 17.3 Å². The molecule has 6 nitrogen and oxygen atoms in total. The van der Waals surface area contributed by atoms with Crippen molar-refractivity contribution < 1.29 is 14.7 Å². The average molecular weight is 283 g/mol. The van der Waals surface area contributed by atoms with Crippen LogP contribution in [0.4, 0.5) is 4.79 Å². The third-order valence-corrected chi connectivity index (χ3v) is 4.76. The van der Waals surface area contributed by atoms with Gasteiger partial charge in [-0.15, -0.1) is 0 Å². The maximum atomic E-state index is 12.3. The van der Waals surface area contributed by atoms with Crippen LogP contribution in [0.5, 0.6) is 0 Å². The molecule has 114 valence electrons. The van der Waals surface area contributed by atoms with E-state index >= 15 is 0 Å². The van der Waals surface area contributed by atoms with Gasteiger partial charge in [-0.05, 0) is 52.6 Å². The number of carboxylic acid groups (broad SMARTS) is 1. The van der Waals surface area contributed by atoms with Crippen molar-refractivity contribution in [2.24, 2.45) is 0 Å². The lowest BCUT2D eigenvalue weighted by molar-refractivity contribution is -0.150. The zero-order chi connectivity index (χ0) is 14.8. The van der Waals surface area contributed by atoms with Gasteiger partial charge >= 0.3 is 12.0 Å². The van der Waals surface area contributed by atoms with E-state index in [9.17, 15) is 14.7 Å². The number of piperidine rings is 1. The van der Waals surface area contributed by atoms with E-state index in [0.717, 1.165) is 32.2 Å². The predicted octanol–water partition coefficient (Wildman–Crippen LogP) is 1.12. The van der Waals surface area contributed by atoms with Crippen LogP contribution in [0, 0.1) is 0 Å². The molecule has 2 N–H and O–H groups in total. The third kappa shape index (κ3) is 2.90. The van der Waals surface area contributed by atoms with Crippen molar-refractivity contribution in [2.45, 2.75) is 50.6 Å². The number of urea groups is 1. The number of aliphatic carboxylic acids is 1. The fourth-order valence-corrected chi connectivity index (χ4v) is 3.21. The number of carboxylic acids is 1. The van der Waals surface area contributed by atoms with E-state index in [-0.39, 0.29) is 6.03 Å². The molecular formula is C14H25N3O3. The van der Waals surface area contributed by atoms with Crippen LogP contribution in [0.25, 0.3) is 0 Å². The number of hydrogen-bond donors (Lipinski definition) is 2. The number of likely N-dealkylation sites (N-methyl/N-ethyl adjacent to an activating group) is 1. The minimum Gasteiger partial charge on any atom is -0.480 e. The number of rotatable bonds is 3. The topological polar surface area (TPSA) is 72.9 Å². The molecule has 2 amide bonds. The molecule has 2 aliphatic rings. The van der Waals surface area contributed by atoms with Gasteiger partial charge in [-0.2, -0.15) is 0 Å². The maximum absolute atomic E-state index is 12.3. The molecule has 2 rings (SSSR count). The highest BCUT2D eigenvalue weighted by molar-refractivity contribution is 5.86. The van der Waals surface area contributed by atoms with Crippen LogP contribution in [-0.4, -0.2) is 65.2 Å². The minimum absolute atomic E-state index is 0.241. The first-order valence-electron chi connectivity index (χ1n) is 7.44. The fraction of sp³-hybridized carbons (Fsp3) is 0.857. The Morgan fingerprint density at radius 1 is 1.30 bits per heavy atom. The molecule has 2 aliphatic heterocycles. The number of amides is 2. The first kappa shape index (κ1) is 15.1. The maximum Gasteiger partial charge on any atom is 0.329 e. The highest BCUT2D eigenvalue weighted by Crippen LogP contribution is 2.28. The molecule has 0 bridgehead atoms. The first-order valence-corrected chi connectivity index (χ1v) is 7.44. The average Bonchev–Trinajstić information content (AvgIpc) is 2.82. The fourth-order valence-electron chi connectivity index (χ4n) is 3.21. The van der Waals surface area contributed by atoms with Gasteiger partial charge in [0.2, 0.25) is 0 Å². The number of carbonyl (C=O) groups is 2. The van der Waals surface area contributed by atoms with Crippen LogP contribution < -0.4 is 5.32 Å². The number of nitrogens with one attached hydrogen (secondary N) is 1.